The molecule has 0 aliphatic rings. The van der Waals surface area contributed by atoms with Gasteiger partial charge in [-0.05, 0) is 51.8 Å². The molecule has 3 rings (SSSR count). The maximum absolute atomic E-state index is 12.4. The zero-order valence-corrected chi connectivity index (χ0v) is 14.5. The molecule has 0 unspecified atom stereocenters. The molecule has 24 heavy (non-hydrogen) atoms. The average molecular weight is 387 g/mol. The lowest BCUT2D eigenvalue weighted by molar-refractivity contribution is 0.0949. The minimum atomic E-state index is -0.186. The van der Waals surface area contributed by atoms with Crippen LogP contribution in [0.4, 0.5) is 0 Å². The van der Waals surface area contributed by atoms with E-state index < -0.39 is 0 Å². The topological polar surface area (TPSA) is 64.4 Å². The Balaban J connectivity index is 1.72. The second kappa shape index (κ2) is 7.31. The molecule has 6 heteroatoms. The fourth-order valence-corrected chi connectivity index (χ4v) is 2.68. The SMILES string of the molecule is COc1ccc(Br)c(C(=O)NCc2cncc(-c3ccoc3)c2)c1. The lowest BCUT2D eigenvalue weighted by atomic mass is 10.1. The van der Waals surface area contributed by atoms with Crippen LogP contribution in [0, 0.1) is 0 Å². The summed E-state index contributed by atoms with van der Waals surface area (Å²) in [6, 6.07) is 9.11. The number of pyridine rings is 1. The molecular formula is C18H15BrN2O3. The molecule has 0 spiro atoms. The van der Waals surface area contributed by atoms with Crippen LogP contribution in [0.5, 0.6) is 5.75 Å². The molecule has 0 atom stereocenters. The van der Waals surface area contributed by atoms with Gasteiger partial charge in [0.15, 0.2) is 0 Å². The van der Waals surface area contributed by atoms with Gasteiger partial charge in [-0.2, -0.15) is 0 Å². The Labute approximate surface area is 147 Å². The number of ether oxygens (including phenoxy) is 1. The number of nitrogens with zero attached hydrogens (tertiary/aromatic N) is 1. The number of methoxy groups -OCH3 is 1. The van der Waals surface area contributed by atoms with Gasteiger partial charge in [0.2, 0.25) is 0 Å². The van der Waals surface area contributed by atoms with Gasteiger partial charge in [-0.25, -0.2) is 0 Å². The quantitative estimate of drug-likeness (QED) is 0.718. The maximum Gasteiger partial charge on any atom is 0.252 e. The molecule has 0 saturated heterocycles. The lowest BCUT2D eigenvalue weighted by Crippen LogP contribution is -2.23. The van der Waals surface area contributed by atoms with Crippen LogP contribution in [0.3, 0.4) is 0 Å². The van der Waals surface area contributed by atoms with Crippen molar-refractivity contribution in [2.45, 2.75) is 6.54 Å². The molecule has 0 bridgehead atoms. The molecule has 1 amide bonds. The van der Waals surface area contributed by atoms with Gasteiger partial charge in [0.25, 0.3) is 5.91 Å². The molecule has 122 valence electrons. The third-order valence-corrected chi connectivity index (χ3v) is 4.21. The van der Waals surface area contributed by atoms with E-state index in [9.17, 15) is 4.79 Å². The monoisotopic (exact) mass is 386 g/mol. The van der Waals surface area contributed by atoms with Crippen LogP contribution in [0.15, 0.2) is 64.1 Å². The zero-order valence-electron chi connectivity index (χ0n) is 13.0. The molecule has 0 aliphatic carbocycles. The molecule has 2 aromatic heterocycles. The molecule has 0 radical (unpaired) electrons. The summed E-state index contributed by atoms with van der Waals surface area (Å²) in [6.07, 6.45) is 6.76. The Morgan fingerprint density at radius 3 is 2.88 bits per heavy atom. The normalized spacial score (nSPS) is 10.4. The van der Waals surface area contributed by atoms with E-state index in [2.05, 4.69) is 26.2 Å². The summed E-state index contributed by atoms with van der Waals surface area (Å²) < 4.78 is 11.0. The van der Waals surface area contributed by atoms with Crippen LogP contribution in [0.2, 0.25) is 0 Å². The number of benzene rings is 1. The lowest BCUT2D eigenvalue weighted by Gasteiger charge is -2.09. The van der Waals surface area contributed by atoms with Gasteiger partial charge >= 0.3 is 0 Å². The number of rotatable bonds is 5. The summed E-state index contributed by atoms with van der Waals surface area (Å²) in [5, 5.41) is 2.89. The summed E-state index contributed by atoms with van der Waals surface area (Å²) in [7, 11) is 1.57. The van der Waals surface area contributed by atoms with E-state index in [1.165, 1.54) is 0 Å². The first-order valence-electron chi connectivity index (χ1n) is 7.25. The number of amides is 1. The molecule has 2 heterocycles. The maximum atomic E-state index is 12.4. The Hall–Kier alpha value is -2.60. The third kappa shape index (κ3) is 3.65. The molecule has 0 fully saturated rings. The largest absolute Gasteiger partial charge is 0.497 e. The van der Waals surface area contributed by atoms with E-state index in [0.717, 1.165) is 16.7 Å². The summed E-state index contributed by atoms with van der Waals surface area (Å²) in [6.45, 7) is 0.376. The van der Waals surface area contributed by atoms with Crippen molar-refractivity contribution in [2.24, 2.45) is 0 Å². The Morgan fingerprint density at radius 1 is 1.25 bits per heavy atom. The minimum absolute atomic E-state index is 0.186. The summed E-state index contributed by atoms with van der Waals surface area (Å²) in [5.74, 6) is 0.446. The van der Waals surface area contributed by atoms with E-state index in [4.69, 9.17) is 9.15 Å². The van der Waals surface area contributed by atoms with Gasteiger partial charge in [-0.15, -0.1) is 0 Å². The van der Waals surface area contributed by atoms with E-state index in [1.54, 1.807) is 50.2 Å². The van der Waals surface area contributed by atoms with Crippen molar-refractivity contribution in [1.82, 2.24) is 10.3 Å². The van der Waals surface area contributed by atoms with Crippen LogP contribution in [0.1, 0.15) is 15.9 Å². The molecule has 0 aliphatic heterocycles. The van der Waals surface area contributed by atoms with Crippen molar-refractivity contribution >= 4 is 21.8 Å². The zero-order chi connectivity index (χ0) is 16.9. The van der Waals surface area contributed by atoms with E-state index in [1.807, 2.05) is 12.1 Å². The van der Waals surface area contributed by atoms with Crippen LogP contribution >= 0.6 is 15.9 Å². The fourth-order valence-electron chi connectivity index (χ4n) is 2.25. The van der Waals surface area contributed by atoms with Crippen molar-refractivity contribution in [3.8, 4) is 16.9 Å². The third-order valence-electron chi connectivity index (χ3n) is 3.52. The summed E-state index contributed by atoms with van der Waals surface area (Å²) in [5.41, 5.74) is 3.32. The van der Waals surface area contributed by atoms with Crippen molar-refractivity contribution in [1.29, 1.82) is 0 Å². The second-order valence-electron chi connectivity index (χ2n) is 5.12. The molecule has 5 nitrogen and oxygen atoms in total. The molecule has 1 N–H and O–H groups in total. The fraction of sp³-hybridized carbons (Fsp3) is 0.111. The number of carbonyl (C=O) groups excluding carboxylic acids is 1. The van der Waals surface area contributed by atoms with Gasteiger partial charge in [-0.1, -0.05) is 0 Å². The van der Waals surface area contributed by atoms with Gasteiger partial charge < -0.3 is 14.5 Å². The Bertz CT molecular complexity index is 847. The number of carbonyl (C=O) groups is 1. The van der Waals surface area contributed by atoms with Gasteiger partial charge in [0, 0.05) is 34.5 Å². The van der Waals surface area contributed by atoms with Gasteiger partial charge in [0.05, 0.1) is 25.2 Å². The number of furan rings is 1. The Morgan fingerprint density at radius 2 is 2.12 bits per heavy atom. The van der Waals surface area contributed by atoms with Crippen LogP contribution in [-0.2, 0) is 6.54 Å². The predicted molar refractivity (Wildman–Crippen MR) is 93.8 cm³/mol. The number of halogens is 1. The van der Waals surface area contributed by atoms with E-state index in [-0.39, 0.29) is 5.91 Å². The summed E-state index contributed by atoms with van der Waals surface area (Å²) >= 11 is 3.39. The standard InChI is InChI=1S/C18H15BrN2O3/c1-23-15-2-3-17(19)16(7-15)18(22)21-9-12-6-14(10-20-8-12)13-4-5-24-11-13/h2-8,10-11H,9H2,1H3,(H,21,22). The number of aromatic nitrogens is 1. The highest BCUT2D eigenvalue weighted by molar-refractivity contribution is 9.10. The van der Waals surface area contributed by atoms with Crippen molar-refractivity contribution in [2.75, 3.05) is 7.11 Å². The molecule has 1 aromatic carbocycles. The number of nitrogens with one attached hydrogen (secondary N) is 1. The van der Waals surface area contributed by atoms with E-state index >= 15 is 0 Å². The van der Waals surface area contributed by atoms with Crippen LogP contribution in [-0.4, -0.2) is 18.0 Å². The highest BCUT2D eigenvalue weighted by Gasteiger charge is 2.11. The summed E-state index contributed by atoms with van der Waals surface area (Å²) in [4.78, 5) is 16.6. The van der Waals surface area contributed by atoms with Crippen molar-refractivity contribution in [3.63, 3.8) is 0 Å². The first-order valence-corrected chi connectivity index (χ1v) is 8.05. The molecular weight excluding hydrogens is 372 g/mol. The van der Waals surface area contributed by atoms with Crippen LogP contribution in [0.25, 0.3) is 11.1 Å². The van der Waals surface area contributed by atoms with E-state index in [0.29, 0.717) is 22.3 Å². The number of hydrogen-bond donors (Lipinski definition) is 1. The second-order valence-corrected chi connectivity index (χ2v) is 5.98. The van der Waals surface area contributed by atoms with Crippen molar-refractivity contribution < 1.29 is 13.9 Å². The Kier molecular flexibility index (Phi) is 4.96. The highest BCUT2D eigenvalue weighted by atomic mass is 79.9. The highest BCUT2D eigenvalue weighted by Crippen LogP contribution is 2.23. The first kappa shape index (κ1) is 16.3. The first-order chi connectivity index (χ1) is 11.7. The van der Waals surface area contributed by atoms with Gasteiger partial charge in [0.1, 0.15) is 5.75 Å². The average Bonchev–Trinajstić information content (AvgIpc) is 3.15. The number of hydrogen-bond acceptors (Lipinski definition) is 4. The molecule has 3 aromatic rings. The van der Waals surface area contributed by atoms with Crippen LogP contribution < -0.4 is 10.1 Å². The predicted octanol–water partition coefficient (Wildman–Crippen LogP) is 4.04. The van der Waals surface area contributed by atoms with Crippen molar-refractivity contribution in [3.05, 3.63) is 70.9 Å². The minimum Gasteiger partial charge on any atom is -0.497 e. The van der Waals surface area contributed by atoms with Gasteiger partial charge in [-0.3, -0.25) is 9.78 Å². The smallest absolute Gasteiger partial charge is 0.252 e. The molecule has 0 saturated carbocycles.